The molecule has 3 aromatic carbocycles. The molecule has 29 nitrogen and oxygen atoms in total. The molecular weight excluding hydrogens is 1140 g/mol. The molecule has 88 heavy (non-hydrogen) atoms. The van der Waals surface area contributed by atoms with Gasteiger partial charge in [-0.25, -0.2) is 0 Å². The number of aliphatic hydroxyl groups excluding tert-OH is 2. The average molecular weight is 1230 g/mol. The molecule has 12 atom stereocenters. The van der Waals surface area contributed by atoms with E-state index in [1.54, 1.807) is 68.4 Å². The molecule has 1 aliphatic heterocycles. The van der Waals surface area contributed by atoms with E-state index in [1.165, 1.54) is 13.8 Å². The molecule has 1 saturated heterocycles. The van der Waals surface area contributed by atoms with E-state index in [0.717, 1.165) is 11.1 Å². The molecule has 0 saturated carbocycles. The number of benzene rings is 3. The van der Waals surface area contributed by atoms with Crippen LogP contribution in [0.3, 0.4) is 0 Å². The summed E-state index contributed by atoms with van der Waals surface area (Å²) in [5.41, 5.74) is 31.9. The minimum Gasteiger partial charge on any atom is -0.391 e. The molecule has 11 amide bonds. The molecular formula is C59H88N16O13. The van der Waals surface area contributed by atoms with Crippen molar-refractivity contribution in [1.82, 2.24) is 58.5 Å². The maximum Gasteiger partial charge on any atom is 0.251 e. The van der Waals surface area contributed by atoms with Crippen LogP contribution in [0.5, 0.6) is 0 Å². The van der Waals surface area contributed by atoms with Crippen molar-refractivity contribution in [3.63, 3.8) is 0 Å². The zero-order valence-electron chi connectivity index (χ0n) is 50.1. The highest BCUT2D eigenvalue weighted by Gasteiger charge is 2.37. The van der Waals surface area contributed by atoms with Crippen molar-refractivity contribution < 1.29 is 63.0 Å². The van der Waals surface area contributed by atoms with E-state index in [9.17, 15) is 63.0 Å². The van der Waals surface area contributed by atoms with Crippen molar-refractivity contribution in [3.8, 4) is 11.1 Å². The van der Waals surface area contributed by atoms with E-state index in [-0.39, 0.29) is 76.2 Å². The van der Waals surface area contributed by atoms with Crippen LogP contribution >= 0.6 is 0 Å². The second-order valence-electron chi connectivity index (χ2n) is 21.8. The van der Waals surface area contributed by atoms with Gasteiger partial charge in [0.1, 0.15) is 60.4 Å². The zero-order valence-corrected chi connectivity index (χ0v) is 50.1. The number of nitrogens with one attached hydrogen (secondary N) is 11. The van der Waals surface area contributed by atoms with Gasteiger partial charge in [-0.1, -0.05) is 86.6 Å². The third-order valence-electron chi connectivity index (χ3n) is 14.2. The summed E-state index contributed by atoms with van der Waals surface area (Å²) in [5, 5.41) is 49.4. The van der Waals surface area contributed by atoms with Crippen LogP contribution in [-0.4, -0.2) is 187 Å². The number of aliphatic hydroxyl groups is 2. The Hall–Kier alpha value is -8.45. The van der Waals surface area contributed by atoms with Crippen molar-refractivity contribution in [2.24, 2.45) is 34.6 Å². The minimum absolute atomic E-state index is 0.0377. The van der Waals surface area contributed by atoms with Crippen LogP contribution < -0.4 is 87.2 Å². The summed E-state index contributed by atoms with van der Waals surface area (Å²) in [6.07, 6.45) is -4.45. The Morgan fingerprint density at radius 1 is 0.534 bits per heavy atom. The third-order valence-corrected chi connectivity index (χ3v) is 14.2. The molecule has 23 N–H and O–H groups in total. The summed E-state index contributed by atoms with van der Waals surface area (Å²) in [6, 6.07) is 9.18. The lowest BCUT2D eigenvalue weighted by Gasteiger charge is -2.28. The van der Waals surface area contributed by atoms with E-state index in [0.29, 0.717) is 5.56 Å². The van der Waals surface area contributed by atoms with Gasteiger partial charge in [-0.3, -0.25) is 52.7 Å². The Labute approximate surface area is 511 Å². The second kappa shape index (κ2) is 36.6. The van der Waals surface area contributed by atoms with Gasteiger partial charge in [0.05, 0.1) is 12.2 Å². The lowest BCUT2D eigenvalue weighted by atomic mass is 10.00. The van der Waals surface area contributed by atoms with Gasteiger partial charge in [0, 0.05) is 25.1 Å². The van der Waals surface area contributed by atoms with Gasteiger partial charge < -0.3 is 97.4 Å². The van der Waals surface area contributed by atoms with Crippen molar-refractivity contribution in [3.05, 3.63) is 96.1 Å². The van der Waals surface area contributed by atoms with Crippen LogP contribution in [0, 0.1) is 5.92 Å². The Balaban J connectivity index is 1.68. The second-order valence-corrected chi connectivity index (χ2v) is 21.8. The number of nitrogens with two attached hydrogens (primary N) is 5. The van der Waals surface area contributed by atoms with E-state index >= 15 is 0 Å². The first-order valence-electron chi connectivity index (χ1n) is 29.3. The van der Waals surface area contributed by atoms with Crippen LogP contribution in [0.2, 0.25) is 0 Å². The summed E-state index contributed by atoms with van der Waals surface area (Å²) < 4.78 is 0. The van der Waals surface area contributed by atoms with Crippen LogP contribution in [0.1, 0.15) is 82.1 Å². The van der Waals surface area contributed by atoms with Crippen LogP contribution in [0.15, 0.2) is 84.9 Å². The first-order valence-corrected chi connectivity index (χ1v) is 29.3. The third kappa shape index (κ3) is 22.7. The fraction of sp³-hybridized carbons (Fsp3) is 0.508. The van der Waals surface area contributed by atoms with Crippen molar-refractivity contribution in [2.75, 3.05) is 39.3 Å². The SMILES string of the molecule is CC(C)C[C@@H]1NC(=O)[C@@H](Cc2ccccc2)NC(=O)[C@H](CCN)NC(=O)[C@@H](NC(=O)[C@H](CN)NC(=O)[C@@H](NC(=O)[C@H](CCN)NC(=O)c2cccc(-c3ccccc3)c2)[C@@H](C)O)CCNC(=O)[C@H]([C@@H](C)O)NC(=O)[C@H](CCN)NC(=O)[C@H](CCN)NC1=O. The normalized spacial score (nSPS) is 22.0. The number of hydrogen-bond acceptors (Lipinski definition) is 18. The maximum absolute atomic E-state index is 14.5. The standard InChI is InChI=1S/C59H88N16O13/c1-32(2)28-44-55(84)69-39(18-23-60)50(79)68-42(21-26-63)54(83)74-47(33(3)76)58(87)65-27-22-43(52(81)67-40(19-24-61)51(80)72-45(56(85)71-44)29-35-12-7-5-8-13-35)70-57(86)46(31-64)73-59(88)48(34(4)77)75-53(82)41(20-25-62)66-49(78)38-17-11-16-37(30-38)36-14-9-6-10-15-36/h5-17,30,32-34,39-48,76-77H,18-29,31,60-64H2,1-4H3,(H,65,87)(H,66,78)(H,67,81)(H,68,79)(H,69,84)(H,70,86)(H,71,85)(H,72,80)(H,73,88)(H,74,83)(H,75,82)/t33-,34-,39+,40+,41+,42+,43+,44+,45-,46+,47+,48+/m1/s1. The Bertz CT molecular complexity index is 2830. The number of hydrogen-bond donors (Lipinski definition) is 18. The summed E-state index contributed by atoms with van der Waals surface area (Å²) in [7, 11) is 0. The summed E-state index contributed by atoms with van der Waals surface area (Å²) in [5.74, 6) is -10.5. The van der Waals surface area contributed by atoms with Gasteiger partial charge >= 0.3 is 0 Å². The monoisotopic (exact) mass is 1230 g/mol. The lowest BCUT2D eigenvalue weighted by molar-refractivity contribution is -0.136. The zero-order chi connectivity index (χ0) is 65.0. The Morgan fingerprint density at radius 3 is 1.58 bits per heavy atom. The molecule has 1 aliphatic rings. The average Bonchev–Trinajstić information content (AvgIpc) is 2.35. The molecule has 0 bridgehead atoms. The van der Waals surface area contributed by atoms with E-state index in [4.69, 9.17) is 28.7 Å². The van der Waals surface area contributed by atoms with Crippen molar-refractivity contribution in [2.45, 2.75) is 145 Å². The van der Waals surface area contributed by atoms with Crippen LogP contribution in [0.4, 0.5) is 0 Å². The maximum atomic E-state index is 14.5. The summed E-state index contributed by atoms with van der Waals surface area (Å²) >= 11 is 0. The van der Waals surface area contributed by atoms with Gasteiger partial charge in [-0.05, 0) is 113 Å². The molecule has 0 aliphatic carbocycles. The largest absolute Gasteiger partial charge is 0.391 e. The van der Waals surface area contributed by atoms with Crippen LogP contribution in [-0.2, 0) is 54.4 Å². The van der Waals surface area contributed by atoms with Gasteiger partial charge in [0.25, 0.3) is 5.91 Å². The number of carbonyl (C=O) groups is 11. The van der Waals surface area contributed by atoms with Gasteiger partial charge in [-0.2, -0.15) is 0 Å². The number of amides is 11. The summed E-state index contributed by atoms with van der Waals surface area (Å²) in [4.78, 5) is 155. The van der Waals surface area contributed by atoms with E-state index in [2.05, 4.69) is 58.5 Å². The Kier molecular flexibility index (Phi) is 30.0. The van der Waals surface area contributed by atoms with Crippen LogP contribution in [0.25, 0.3) is 11.1 Å². The molecule has 29 heteroatoms. The molecule has 0 radical (unpaired) electrons. The fourth-order valence-corrected chi connectivity index (χ4v) is 9.38. The predicted molar refractivity (Wildman–Crippen MR) is 325 cm³/mol. The highest BCUT2D eigenvalue weighted by Crippen LogP contribution is 2.20. The van der Waals surface area contributed by atoms with E-state index in [1.807, 2.05) is 30.3 Å². The first kappa shape index (κ1) is 72.0. The van der Waals surface area contributed by atoms with Crippen molar-refractivity contribution >= 4 is 65.0 Å². The molecule has 482 valence electrons. The topological polar surface area (TPSA) is 491 Å². The van der Waals surface area contributed by atoms with Gasteiger partial charge in [0.2, 0.25) is 59.1 Å². The molecule has 0 unspecified atom stereocenters. The minimum atomic E-state index is -1.77. The quantitative estimate of drug-likeness (QED) is 0.0398. The lowest BCUT2D eigenvalue weighted by Crippen LogP contribution is -2.63. The number of rotatable bonds is 24. The van der Waals surface area contributed by atoms with Crippen molar-refractivity contribution in [1.29, 1.82) is 0 Å². The highest BCUT2D eigenvalue weighted by atomic mass is 16.3. The summed E-state index contributed by atoms with van der Waals surface area (Å²) in [6.45, 7) is 4.23. The van der Waals surface area contributed by atoms with E-state index < -0.39 is 157 Å². The fourth-order valence-electron chi connectivity index (χ4n) is 9.38. The first-order chi connectivity index (χ1) is 41.9. The van der Waals surface area contributed by atoms with Gasteiger partial charge in [0.15, 0.2) is 0 Å². The Morgan fingerprint density at radius 2 is 1.05 bits per heavy atom. The molecule has 1 heterocycles. The predicted octanol–water partition coefficient (Wildman–Crippen LogP) is -5.26. The molecule has 3 aromatic rings. The molecule has 1 fully saturated rings. The smallest absolute Gasteiger partial charge is 0.251 e. The van der Waals surface area contributed by atoms with Gasteiger partial charge in [-0.15, -0.1) is 0 Å². The highest BCUT2D eigenvalue weighted by molar-refractivity contribution is 6.01. The molecule has 0 spiro atoms. The molecule has 4 rings (SSSR count). The number of carbonyl (C=O) groups excluding carboxylic acids is 11. The molecule has 0 aromatic heterocycles.